The van der Waals surface area contributed by atoms with Crippen molar-refractivity contribution >= 4 is 17.7 Å². The smallest absolute Gasteiger partial charge is 0.162 e. The zero-order valence-electron chi connectivity index (χ0n) is 16.1. The predicted octanol–water partition coefficient (Wildman–Crippen LogP) is 7.17. The molecule has 3 aromatic rings. The van der Waals surface area contributed by atoms with Gasteiger partial charge in [-0.3, -0.25) is 0 Å². The summed E-state index contributed by atoms with van der Waals surface area (Å²) in [6.07, 6.45) is 9.52. The normalized spacial score (nSPS) is 11.5. The van der Waals surface area contributed by atoms with Crippen LogP contribution in [0.4, 0.5) is 0 Å². The molecule has 146 valence electrons. The lowest BCUT2D eigenvalue weighted by Crippen LogP contribution is -2.00. The standard InChI is InChI=1S/C26H23ClO2/c27-18-10-2-1-5-11-22-16-17-25(28-20-23-12-6-3-7-13-23)26(19-22)29-21-24-14-8-4-9-15-24/h1-19H,20-21H2/b2-1-,11-5+,18-10+. The molecule has 0 saturated heterocycles. The van der Waals surface area contributed by atoms with Gasteiger partial charge in [0.15, 0.2) is 11.5 Å². The molecule has 3 aromatic carbocycles. The van der Waals surface area contributed by atoms with Gasteiger partial charge in [0.1, 0.15) is 13.2 Å². The summed E-state index contributed by atoms with van der Waals surface area (Å²) in [5, 5.41) is 0. The van der Waals surface area contributed by atoms with Crippen LogP contribution in [-0.2, 0) is 13.2 Å². The molecular formula is C26H23ClO2. The molecular weight excluding hydrogens is 380 g/mol. The Balaban J connectivity index is 1.75. The first-order valence-electron chi connectivity index (χ1n) is 9.43. The van der Waals surface area contributed by atoms with Crippen LogP contribution in [0.1, 0.15) is 16.7 Å². The molecule has 0 N–H and O–H groups in total. The zero-order chi connectivity index (χ0) is 20.2. The number of ether oxygens (including phenoxy) is 2. The molecule has 0 amide bonds. The highest BCUT2D eigenvalue weighted by Crippen LogP contribution is 2.30. The Kier molecular flexibility index (Phi) is 8.18. The van der Waals surface area contributed by atoms with Crippen LogP contribution in [0.25, 0.3) is 6.08 Å². The van der Waals surface area contributed by atoms with E-state index in [1.54, 1.807) is 6.08 Å². The highest BCUT2D eigenvalue weighted by atomic mass is 35.5. The van der Waals surface area contributed by atoms with Crippen LogP contribution >= 0.6 is 11.6 Å². The van der Waals surface area contributed by atoms with Gasteiger partial charge in [0.2, 0.25) is 0 Å². The molecule has 0 aliphatic carbocycles. The van der Waals surface area contributed by atoms with Crippen molar-refractivity contribution in [2.45, 2.75) is 13.2 Å². The molecule has 0 fully saturated rings. The van der Waals surface area contributed by atoms with Gasteiger partial charge in [0.05, 0.1) is 0 Å². The summed E-state index contributed by atoms with van der Waals surface area (Å²) in [6, 6.07) is 26.1. The van der Waals surface area contributed by atoms with Crippen LogP contribution in [0.2, 0.25) is 0 Å². The Morgan fingerprint density at radius 2 is 1.21 bits per heavy atom. The average Bonchev–Trinajstić information content (AvgIpc) is 2.78. The van der Waals surface area contributed by atoms with Crippen LogP contribution in [-0.4, -0.2) is 0 Å². The maximum atomic E-state index is 6.09. The molecule has 2 nitrogen and oxygen atoms in total. The number of rotatable bonds is 9. The van der Waals surface area contributed by atoms with E-state index in [-0.39, 0.29) is 0 Å². The summed E-state index contributed by atoms with van der Waals surface area (Å²) in [5.41, 5.74) is 4.72. The predicted molar refractivity (Wildman–Crippen MR) is 121 cm³/mol. The monoisotopic (exact) mass is 402 g/mol. The van der Waals surface area contributed by atoms with Gasteiger partial charge in [-0.25, -0.2) is 0 Å². The van der Waals surface area contributed by atoms with Crippen LogP contribution in [0.5, 0.6) is 11.5 Å². The Hall–Kier alpha value is -3.23. The highest BCUT2D eigenvalue weighted by molar-refractivity contribution is 6.25. The number of allylic oxidation sites excluding steroid dienone is 4. The van der Waals surface area contributed by atoms with E-state index < -0.39 is 0 Å². The summed E-state index contributed by atoms with van der Waals surface area (Å²) < 4.78 is 12.1. The maximum absolute atomic E-state index is 6.09. The van der Waals surface area contributed by atoms with Crippen molar-refractivity contribution in [3.05, 3.63) is 125 Å². The van der Waals surface area contributed by atoms with Crippen LogP contribution < -0.4 is 9.47 Å². The van der Waals surface area contributed by atoms with E-state index in [9.17, 15) is 0 Å². The molecule has 0 radical (unpaired) electrons. The van der Waals surface area contributed by atoms with Gasteiger partial charge in [-0.2, -0.15) is 0 Å². The van der Waals surface area contributed by atoms with E-state index in [0.29, 0.717) is 13.2 Å². The van der Waals surface area contributed by atoms with Gasteiger partial charge in [-0.05, 0) is 28.8 Å². The van der Waals surface area contributed by atoms with Crippen molar-refractivity contribution in [1.82, 2.24) is 0 Å². The summed E-state index contributed by atoms with van der Waals surface area (Å²) in [5.74, 6) is 1.44. The summed E-state index contributed by atoms with van der Waals surface area (Å²) in [6.45, 7) is 0.974. The minimum Gasteiger partial charge on any atom is -0.485 e. The van der Waals surface area contributed by atoms with Gasteiger partial charge in [-0.15, -0.1) is 0 Å². The fourth-order valence-electron chi connectivity index (χ4n) is 2.67. The third-order valence-corrected chi connectivity index (χ3v) is 4.28. The maximum Gasteiger partial charge on any atom is 0.162 e. The second kappa shape index (κ2) is 11.6. The SMILES string of the molecule is Cl/C=C/C=C\C=C\c1ccc(OCc2ccccc2)c(OCc2ccccc2)c1. The van der Waals surface area contributed by atoms with Gasteiger partial charge in [0.25, 0.3) is 0 Å². The third-order valence-electron chi connectivity index (χ3n) is 4.14. The second-order valence-electron chi connectivity index (χ2n) is 6.32. The zero-order valence-corrected chi connectivity index (χ0v) is 16.8. The molecule has 0 atom stereocenters. The molecule has 0 bridgehead atoms. The fourth-order valence-corrected chi connectivity index (χ4v) is 2.75. The molecule has 0 heterocycles. The first kappa shape index (κ1) is 20.5. The van der Waals surface area contributed by atoms with Crippen LogP contribution in [0.15, 0.2) is 109 Å². The molecule has 3 heteroatoms. The average molecular weight is 403 g/mol. The van der Waals surface area contributed by atoms with Crippen LogP contribution in [0.3, 0.4) is 0 Å². The minimum absolute atomic E-state index is 0.482. The van der Waals surface area contributed by atoms with Crippen LogP contribution in [0, 0.1) is 0 Å². The molecule has 0 aliphatic rings. The van der Waals surface area contributed by atoms with Crippen molar-refractivity contribution < 1.29 is 9.47 Å². The lowest BCUT2D eigenvalue weighted by Gasteiger charge is -2.14. The molecule has 0 spiro atoms. The van der Waals surface area contributed by atoms with Crippen molar-refractivity contribution in [2.24, 2.45) is 0 Å². The van der Waals surface area contributed by atoms with Crippen molar-refractivity contribution in [1.29, 1.82) is 0 Å². The molecule has 0 unspecified atom stereocenters. The molecule has 0 aliphatic heterocycles. The van der Waals surface area contributed by atoms with E-state index in [4.69, 9.17) is 21.1 Å². The minimum atomic E-state index is 0.482. The fraction of sp³-hybridized carbons (Fsp3) is 0.0769. The Labute approximate surface area is 177 Å². The summed E-state index contributed by atoms with van der Waals surface area (Å²) >= 11 is 5.51. The number of hydrogen-bond donors (Lipinski definition) is 0. The lowest BCUT2D eigenvalue weighted by atomic mass is 10.1. The Bertz CT molecular complexity index is 961. The van der Waals surface area contributed by atoms with Crippen molar-refractivity contribution in [3.8, 4) is 11.5 Å². The number of hydrogen-bond acceptors (Lipinski definition) is 2. The van der Waals surface area contributed by atoms with Gasteiger partial charge in [0, 0.05) is 5.54 Å². The molecule has 0 aromatic heterocycles. The molecule has 3 rings (SSSR count). The largest absolute Gasteiger partial charge is 0.485 e. The highest BCUT2D eigenvalue weighted by Gasteiger charge is 2.07. The lowest BCUT2D eigenvalue weighted by molar-refractivity contribution is 0.256. The Morgan fingerprint density at radius 3 is 1.83 bits per heavy atom. The van der Waals surface area contributed by atoms with Gasteiger partial charge < -0.3 is 9.47 Å². The van der Waals surface area contributed by atoms with E-state index in [2.05, 4.69) is 0 Å². The number of halogens is 1. The summed E-state index contributed by atoms with van der Waals surface area (Å²) in [4.78, 5) is 0. The van der Waals surface area contributed by atoms with Crippen molar-refractivity contribution in [2.75, 3.05) is 0 Å². The number of benzene rings is 3. The third kappa shape index (κ3) is 7.02. The van der Waals surface area contributed by atoms with Crippen molar-refractivity contribution in [3.63, 3.8) is 0 Å². The van der Waals surface area contributed by atoms with Gasteiger partial charge in [-0.1, -0.05) is 109 Å². The van der Waals surface area contributed by atoms with E-state index in [1.807, 2.05) is 103 Å². The quantitative estimate of drug-likeness (QED) is 0.353. The molecule has 29 heavy (non-hydrogen) atoms. The second-order valence-corrected chi connectivity index (χ2v) is 6.57. The Morgan fingerprint density at radius 1 is 0.621 bits per heavy atom. The van der Waals surface area contributed by atoms with Gasteiger partial charge >= 0.3 is 0 Å². The first-order valence-corrected chi connectivity index (χ1v) is 9.86. The summed E-state index contributed by atoms with van der Waals surface area (Å²) in [7, 11) is 0. The van der Waals surface area contributed by atoms with E-state index in [1.165, 1.54) is 5.54 Å². The molecule has 0 saturated carbocycles. The van der Waals surface area contributed by atoms with E-state index in [0.717, 1.165) is 28.2 Å². The van der Waals surface area contributed by atoms with E-state index >= 15 is 0 Å². The first-order chi connectivity index (χ1) is 14.3. The topological polar surface area (TPSA) is 18.5 Å².